The number of hydrogen-bond acceptors (Lipinski definition) is 8. The molecular weight excluding hydrogens is 372 g/mol. The molecule has 2 aromatic rings. The van der Waals surface area contributed by atoms with E-state index < -0.39 is 5.79 Å². The van der Waals surface area contributed by atoms with Crippen molar-refractivity contribution in [3.8, 4) is 0 Å². The average Bonchev–Trinajstić information content (AvgIpc) is 3.16. The summed E-state index contributed by atoms with van der Waals surface area (Å²) >= 11 is 0. The first kappa shape index (κ1) is 20.5. The lowest BCUT2D eigenvalue weighted by molar-refractivity contribution is -0.216. The summed E-state index contributed by atoms with van der Waals surface area (Å²) in [6.45, 7) is 8.52. The molecule has 0 aromatic carbocycles. The van der Waals surface area contributed by atoms with E-state index in [0.29, 0.717) is 35.5 Å². The maximum absolute atomic E-state index is 10.3. The van der Waals surface area contributed by atoms with Crippen molar-refractivity contribution in [1.82, 2.24) is 24.4 Å². The summed E-state index contributed by atoms with van der Waals surface area (Å²) < 4.78 is 14.3. The number of nitrogens with two attached hydrogens (primary N) is 1. The molecule has 2 unspecified atom stereocenters. The van der Waals surface area contributed by atoms with Gasteiger partial charge in [0.1, 0.15) is 18.1 Å². The Morgan fingerprint density at radius 2 is 2.10 bits per heavy atom. The highest BCUT2D eigenvalue weighted by molar-refractivity contribution is 5.81. The Kier molecular flexibility index (Phi) is 5.50. The summed E-state index contributed by atoms with van der Waals surface area (Å²) in [5, 5.41) is 10.3. The number of nitrogen functional groups attached to an aromatic ring is 1. The largest absolute Gasteiger partial charge is 0.382 e. The van der Waals surface area contributed by atoms with Gasteiger partial charge in [-0.3, -0.25) is 9.47 Å². The zero-order valence-corrected chi connectivity index (χ0v) is 17.7. The molecule has 3 N–H and O–H groups in total. The Hall–Kier alpha value is -1.81. The van der Waals surface area contributed by atoms with Gasteiger partial charge < -0.3 is 20.3 Å². The van der Waals surface area contributed by atoms with Gasteiger partial charge in [-0.25, -0.2) is 15.0 Å². The van der Waals surface area contributed by atoms with Crippen molar-refractivity contribution in [1.29, 1.82) is 0 Å². The van der Waals surface area contributed by atoms with E-state index in [1.54, 1.807) is 20.2 Å². The van der Waals surface area contributed by atoms with Crippen molar-refractivity contribution in [2.24, 2.45) is 0 Å². The monoisotopic (exact) mass is 404 g/mol. The van der Waals surface area contributed by atoms with Gasteiger partial charge in [0.15, 0.2) is 17.3 Å². The highest BCUT2D eigenvalue weighted by Gasteiger charge is 2.42. The van der Waals surface area contributed by atoms with Crippen LogP contribution in [0.25, 0.3) is 11.2 Å². The quantitative estimate of drug-likeness (QED) is 0.675. The molecule has 29 heavy (non-hydrogen) atoms. The molecule has 1 saturated heterocycles. The second kappa shape index (κ2) is 7.79. The molecule has 2 aromatic heterocycles. The summed E-state index contributed by atoms with van der Waals surface area (Å²) in [5.74, 6) is -0.882. The molecule has 0 bridgehead atoms. The van der Waals surface area contributed by atoms with Crippen LogP contribution in [0.4, 0.5) is 5.82 Å². The molecule has 3 heterocycles. The molecule has 1 aliphatic carbocycles. The van der Waals surface area contributed by atoms with Crippen LogP contribution in [0.15, 0.2) is 12.7 Å². The lowest BCUT2D eigenvalue weighted by Gasteiger charge is -2.42. The maximum Gasteiger partial charge on any atom is 0.167 e. The molecule has 9 heteroatoms. The molecule has 0 spiro atoms. The first-order valence-corrected chi connectivity index (χ1v) is 10.5. The minimum absolute atomic E-state index is 0.161. The minimum Gasteiger partial charge on any atom is -0.382 e. The van der Waals surface area contributed by atoms with Gasteiger partial charge in [0.25, 0.3) is 0 Å². The number of ether oxygens (including phenoxy) is 2. The number of aliphatic hydroxyl groups is 1. The zero-order chi connectivity index (χ0) is 20.8. The molecule has 2 aliphatic rings. The smallest absolute Gasteiger partial charge is 0.167 e. The van der Waals surface area contributed by atoms with E-state index in [1.165, 1.54) is 25.6 Å². The van der Waals surface area contributed by atoms with E-state index in [9.17, 15) is 5.11 Å². The number of imidazole rings is 1. The van der Waals surface area contributed by atoms with E-state index in [4.69, 9.17) is 15.2 Å². The number of rotatable bonds is 7. The highest BCUT2D eigenvalue weighted by Crippen LogP contribution is 2.36. The third-order valence-corrected chi connectivity index (χ3v) is 5.92. The molecule has 3 atom stereocenters. The predicted molar refractivity (Wildman–Crippen MR) is 109 cm³/mol. The molecule has 1 saturated carbocycles. The molecule has 0 amide bonds. The second-order valence-corrected chi connectivity index (χ2v) is 8.93. The Balaban J connectivity index is 1.58. The van der Waals surface area contributed by atoms with Crippen LogP contribution in [0.5, 0.6) is 0 Å². The average molecular weight is 405 g/mol. The SMILES string of the molecule is CC(C)N(CC1OC(n2cnc3c(N)ncnc32)C[C@@H]1OC(C)(C)O)C1CCC1. The van der Waals surface area contributed by atoms with Gasteiger partial charge >= 0.3 is 0 Å². The van der Waals surface area contributed by atoms with Crippen LogP contribution in [0.2, 0.25) is 0 Å². The van der Waals surface area contributed by atoms with Gasteiger partial charge in [-0.05, 0) is 40.5 Å². The second-order valence-electron chi connectivity index (χ2n) is 8.93. The standard InChI is InChI=1S/C20H32N6O3/c1-12(2)25(13-6-5-7-13)9-15-14(29-20(3,4)27)8-16(28-15)26-11-24-17-18(21)22-10-23-19(17)26/h10-16,27H,5-9H2,1-4H3,(H2,21,22,23)/t14-,15?,16?/m0/s1. The normalized spacial score (nSPS) is 26.0. The summed E-state index contributed by atoms with van der Waals surface area (Å²) in [6, 6.07) is 1.02. The zero-order valence-electron chi connectivity index (χ0n) is 17.7. The van der Waals surface area contributed by atoms with Gasteiger partial charge in [-0.2, -0.15) is 0 Å². The molecular formula is C20H32N6O3. The minimum atomic E-state index is -1.23. The fourth-order valence-electron chi connectivity index (χ4n) is 4.32. The van der Waals surface area contributed by atoms with Crippen molar-refractivity contribution in [2.45, 2.75) is 89.7 Å². The molecule has 1 aliphatic heterocycles. The van der Waals surface area contributed by atoms with Crippen molar-refractivity contribution < 1.29 is 14.6 Å². The summed E-state index contributed by atoms with van der Waals surface area (Å²) in [6.07, 6.45) is 6.78. The molecule has 2 fully saturated rings. The Morgan fingerprint density at radius 1 is 1.34 bits per heavy atom. The van der Waals surface area contributed by atoms with Gasteiger partial charge in [0.2, 0.25) is 0 Å². The number of nitrogens with zero attached hydrogens (tertiary/aromatic N) is 5. The van der Waals surface area contributed by atoms with E-state index in [1.807, 2.05) is 4.57 Å². The van der Waals surface area contributed by atoms with Crippen molar-refractivity contribution in [2.75, 3.05) is 12.3 Å². The molecule has 0 radical (unpaired) electrons. The van der Waals surface area contributed by atoms with Crippen LogP contribution in [0, 0.1) is 0 Å². The Labute approximate surface area is 171 Å². The summed E-state index contributed by atoms with van der Waals surface area (Å²) in [7, 11) is 0. The van der Waals surface area contributed by atoms with Crippen LogP contribution in [0.3, 0.4) is 0 Å². The highest BCUT2D eigenvalue weighted by atomic mass is 16.6. The Morgan fingerprint density at radius 3 is 2.72 bits per heavy atom. The van der Waals surface area contributed by atoms with Crippen LogP contribution in [-0.2, 0) is 9.47 Å². The first-order chi connectivity index (χ1) is 13.7. The number of hydrogen-bond donors (Lipinski definition) is 2. The van der Waals surface area contributed by atoms with E-state index in [2.05, 4.69) is 33.7 Å². The maximum atomic E-state index is 10.3. The fraction of sp³-hybridized carbons (Fsp3) is 0.750. The fourth-order valence-corrected chi connectivity index (χ4v) is 4.32. The lowest BCUT2D eigenvalue weighted by atomic mass is 9.90. The van der Waals surface area contributed by atoms with Crippen molar-refractivity contribution in [3.05, 3.63) is 12.7 Å². The third kappa shape index (κ3) is 4.23. The van der Waals surface area contributed by atoms with Crippen molar-refractivity contribution >= 4 is 17.0 Å². The first-order valence-electron chi connectivity index (χ1n) is 10.5. The van der Waals surface area contributed by atoms with E-state index in [0.717, 1.165) is 6.54 Å². The van der Waals surface area contributed by atoms with Gasteiger partial charge in [-0.1, -0.05) is 6.42 Å². The van der Waals surface area contributed by atoms with Gasteiger partial charge in [0, 0.05) is 25.0 Å². The summed E-state index contributed by atoms with van der Waals surface area (Å²) in [4.78, 5) is 15.2. The lowest BCUT2D eigenvalue weighted by Crippen LogP contribution is -2.50. The molecule has 160 valence electrons. The van der Waals surface area contributed by atoms with Gasteiger partial charge in [-0.15, -0.1) is 0 Å². The summed E-state index contributed by atoms with van der Waals surface area (Å²) in [5.41, 5.74) is 7.14. The van der Waals surface area contributed by atoms with Crippen LogP contribution in [0.1, 0.15) is 59.6 Å². The van der Waals surface area contributed by atoms with Crippen LogP contribution >= 0.6 is 0 Å². The van der Waals surface area contributed by atoms with E-state index >= 15 is 0 Å². The molecule has 4 rings (SSSR count). The topological polar surface area (TPSA) is 112 Å². The number of anilines is 1. The van der Waals surface area contributed by atoms with Crippen molar-refractivity contribution in [3.63, 3.8) is 0 Å². The van der Waals surface area contributed by atoms with E-state index in [-0.39, 0.29) is 18.4 Å². The van der Waals surface area contributed by atoms with Crippen LogP contribution < -0.4 is 5.73 Å². The molecule has 9 nitrogen and oxygen atoms in total. The van der Waals surface area contributed by atoms with Gasteiger partial charge in [0.05, 0.1) is 18.5 Å². The van der Waals surface area contributed by atoms with Crippen LogP contribution in [-0.4, -0.2) is 66.1 Å². The predicted octanol–water partition coefficient (Wildman–Crippen LogP) is 2.07. The third-order valence-electron chi connectivity index (χ3n) is 5.92. The number of fused-ring (bicyclic) bond motifs is 1. The Bertz CT molecular complexity index is 844. The number of aromatic nitrogens is 4.